The van der Waals surface area contributed by atoms with Crippen molar-refractivity contribution >= 4 is 11.7 Å². The summed E-state index contributed by atoms with van der Waals surface area (Å²) in [5.74, 6) is -0.140. The number of carbonyl (C=O) groups is 1. The van der Waals surface area contributed by atoms with Gasteiger partial charge in [-0.3, -0.25) is 0 Å². The number of anilines is 1. The second-order valence-electron chi connectivity index (χ2n) is 4.99. The molecule has 6 nitrogen and oxygen atoms in total. The molecule has 1 aromatic carbocycles. The van der Waals surface area contributed by atoms with Crippen LogP contribution in [0, 0.1) is 0 Å². The molecule has 1 fully saturated rings. The van der Waals surface area contributed by atoms with Gasteiger partial charge in [0, 0.05) is 7.11 Å². The van der Waals surface area contributed by atoms with Gasteiger partial charge in [0.2, 0.25) is 0 Å². The van der Waals surface area contributed by atoms with Gasteiger partial charge < -0.3 is 25.8 Å². The van der Waals surface area contributed by atoms with E-state index in [-0.39, 0.29) is 18.0 Å². The number of aromatic hydroxyl groups is 1. The van der Waals surface area contributed by atoms with Gasteiger partial charge in [-0.1, -0.05) is 6.07 Å². The SMILES string of the molecule is COC[C@H](c1ccc(O)c(N)c1)N1C[C@@H](C(F)(F)F)NC1=O. The van der Waals surface area contributed by atoms with Gasteiger partial charge in [-0.05, 0) is 17.7 Å². The van der Waals surface area contributed by atoms with E-state index >= 15 is 0 Å². The Balaban J connectivity index is 2.28. The van der Waals surface area contributed by atoms with E-state index in [2.05, 4.69) is 0 Å². The molecule has 1 heterocycles. The molecule has 0 unspecified atom stereocenters. The zero-order chi connectivity index (χ0) is 16.5. The summed E-state index contributed by atoms with van der Waals surface area (Å²) in [6.45, 7) is -0.515. The molecule has 1 aliphatic rings. The number of halogens is 3. The normalized spacial score (nSPS) is 20.1. The van der Waals surface area contributed by atoms with Crippen molar-refractivity contribution in [2.45, 2.75) is 18.3 Å². The zero-order valence-corrected chi connectivity index (χ0v) is 11.7. The fraction of sp³-hybridized carbons (Fsp3) is 0.462. The van der Waals surface area contributed by atoms with Crippen LogP contribution in [-0.4, -0.2) is 48.5 Å². The van der Waals surface area contributed by atoms with Gasteiger partial charge in [0.25, 0.3) is 0 Å². The average molecular weight is 319 g/mol. The zero-order valence-electron chi connectivity index (χ0n) is 11.7. The Morgan fingerprint density at radius 2 is 2.23 bits per heavy atom. The number of phenolic OH excluding ortho intramolecular Hbond substituents is 1. The van der Waals surface area contributed by atoms with Gasteiger partial charge in [0.15, 0.2) is 0 Å². The summed E-state index contributed by atoms with van der Waals surface area (Å²) in [6, 6.07) is 0.740. The van der Waals surface area contributed by atoms with Gasteiger partial charge in [-0.2, -0.15) is 13.2 Å². The van der Waals surface area contributed by atoms with Crippen molar-refractivity contribution in [3.8, 4) is 5.75 Å². The van der Waals surface area contributed by atoms with E-state index in [1.165, 1.54) is 25.3 Å². The number of urea groups is 1. The largest absolute Gasteiger partial charge is 0.506 e. The van der Waals surface area contributed by atoms with E-state index in [0.29, 0.717) is 5.56 Å². The fourth-order valence-corrected chi connectivity index (χ4v) is 2.32. The highest BCUT2D eigenvalue weighted by molar-refractivity contribution is 5.77. The van der Waals surface area contributed by atoms with Crippen LogP contribution in [0.25, 0.3) is 0 Å². The number of benzene rings is 1. The van der Waals surface area contributed by atoms with Crippen molar-refractivity contribution in [2.24, 2.45) is 0 Å². The van der Waals surface area contributed by atoms with Gasteiger partial charge >= 0.3 is 12.2 Å². The first kappa shape index (κ1) is 16.2. The van der Waals surface area contributed by atoms with E-state index in [4.69, 9.17) is 10.5 Å². The van der Waals surface area contributed by atoms with Crippen LogP contribution in [0.1, 0.15) is 11.6 Å². The van der Waals surface area contributed by atoms with E-state index in [1.807, 2.05) is 5.32 Å². The maximum atomic E-state index is 12.8. The number of amides is 2. The molecular formula is C13H16F3N3O3. The van der Waals surface area contributed by atoms with Gasteiger partial charge in [0.1, 0.15) is 11.8 Å². The van der Waals surface area contributed by atoms with Gasteiger partial charge in [-0.25, -0.2) is 4.79 Å². The van der Waals surface area contributed by atoms with Gasteiger partial charge in [0.05, 0.1) is 24.9 Å². The number of rotatable bonds is 4. The molecule has 0 saturated carbocycles. The minimum atomic E-state index is -4.52. The molecule has 22 heavy (non-hydrogen) atoms. The number of phenols is 1. The molecule has 0 aliphatic carbocycles. The summed E-state index contributed by atoms with van der Waals surface area (Å²) in [5, 5.41) is 11.3. The van der Waals surface area contributed by atoms with E-state index in [9.17, 15) is 23.1 Å². The number of alkyl halides is 3. The van der Waals surface area contributed by atoms with Gasteiger partial charge in [-0.15, -0.1) is 0 Å². The first-order chi connectivity index (χ1) is 10.2. The molecule has 0 aromatic heterocycles. The van der Waals surface area contributed by atoms with E-state index < -0.39 is 30.8 Å². The minimum absolute atomic E-state index is 0.00219. The lowest BCUT2D eigenvalue weighted by Crippen LogP contribution is -2.40. The molecule has 1 aliphatic heterocycles. The summed E-state index contributed by atoms with van der Waals surface area (Å²) < 4.78 is 43.3. The highest BCUT2D eigenvalue weighted by Crippen LogP contribution is 2.32. The molecule has 2 rings (SSSR count). The number of carbonyl (C=O) groups excluding carboxylic acids is 1. The van der Waals surface area contributed by atoms with Crippen LogP contribution in [0.5, 0.6) is 5.75 Å². The second kappa shape index (κ2) is 5.91. The average Bonchev–Trinajstić information content (AvgIpc) is 2.81. The number of nitrogens with two attached hydrogens (primary N) is 1. The third-order valence-electron chi connectivity index (χ3n) is 3.47. The van der Waals surface area contributed by atoms with Crippen LogP contribution in [0.3, 0.4) is 0 Å². The first-order valence-corrected chi connectivity index (χ1v) is 6.45. The Bertz CT molecular complexity index is 565. The van der Waals surface area contributed by atoms with Crippen molar-refractivity contribution in [1.29, 1.82) is 0 Å². The van der Waals surface area contributed by atoms with Crippen LogP contribution in [-0.2, 0) is 4.74 Å². The fourth-order valence-electron chi connectivity index (χ4n) is 2.32. The van der Waals surface area contributed by atoms with E-state index in [0.717, 1.165) is 4.90 Å². The number of ether oxygens (including phenoxy) is 1. The number of hydrogen-bond donors (Lipinski definition) is 3. The Morgan fingerprint density at radius 1 is 1.55 bits per heavy atom. The van der Waals surface area contributed by atoms with Crippen molar-refractivity contribution in [2.75, 3.05) is 26.0 Å². The number of nitrogen functional groups attached to an aromatic ring is 1. The molecule has 1 aromatic rings. The molecule has 0 bridgehead atoms. The highest BCUT2D eigenvalue weighted by Gasteiger charge is 2.48. The van der Waals surface area contributed by atoms with Crippen molar-refractivity contribution in [1.82, 2.24) is 10.2 Å². The smallest absolute Gasteiger partial charge is 0.410 e. The first-order valence-electron chi connectivity index (χ1n) is 6.45. The molecule has 0 radical (unpaired) electrons. The Hall–Kier alpha value is -2.16. The van der Waals surface area contributed by atoms with Crippen LogP contribution < -0.4 is 11.1 Å². The summed E-state index contributed by atoms with van der Waals surface area (Å²) in [5.41, 5.74) is 6.15. The molecule has 0 spiro atoms. The Morgan fingerprint density at radius 3 is 2.73 bits per heavy atom. The second-order valence-corrected chi connectivity index (χ2v) is 4.99. The Labute approximate surface area is 124 Å². The van der Waals surface area contributed by atoms with Crippen LogP contribution in [0.15, 0.2) is 18.2 Å². The minimum Gasteiger partial charge on any atom is -0.506 e. The standard InChI is InChI=1S/C13H16F3N3O3/c1-22-6-9(7-2-3-10(20)8(17)4-7)19-5-11(13(14,15)16)18-12(19)21/h2-4,9,11,20H,5-6,17H2,1H3,(H,18,21)/t9-,11+/m1/s1. The maximum Gasteiger partial charge on any atom is 0.410 e. The summed E-state index contributed by atoms with van der Waals surface area (Å²) in [4.78, 5) is 12.9. The molecule has 2 amide bonds. The molecule has 2 atom stereocenters. The van der Waals surface area contributed by atoms with Crippen molar-refractivity contribution in [3.05, 3.63) is 23.8 Å². The lowest BCUT2D eigenvalue weighted by molar-refractivity contribution is -0.150. The van der Waals surface area contributed by atoms with Crippen molar-refractivity contribution in [3.63, 3.8) is 0 Å². The predicted octanol–water partition coefficient (Wildman–Crippen LogP) is 1.62. The summed E-state index contributed by atoms with van der Waals surface area (Å²) in [6.07, 6.45) is -4.52. The number of nitrogens with one attached hydrogen (secondary N) is 1. The molecule has 122 valence electrons. The summed E-state index contributed by atoms with van der Waals surface area (Å²) in [7, 11) is 1.38. The van der Waals surface area contributed by atoms with Crippen LogP contribution >= 0.6 is 0 Å². The summed E-state index contributed by atoms with van der Waals surface area (Å²) >= 11 is 0. The van der Waals surface area contributed by atoms with E-state index in [1.54, 1.807) is 0 Å². The third kappa shape index (κ3) is 3.19. The Kier molecular flexibility index (Phi) is 4.36. The van der Waals surface area contributed by atoms with Crippen molar-refractivity contribution < 1.29 is 27.8 Å². The number of nitrogens with zero attached hydrogens (tertiary/aromatic N) is 1. The third-order valence-corrected chi connectivity index (χ3v) is 3.47. The lowest BCUT2D eigenvalue weighted by Gasteiger charge is -2.27. The predicted molar refractivity (Wildman–Crippen MR) is 72.2 cm³/mol. The number of hydrogen-bond acceptors (Lipinski definition) is 4. The molecule has 1 saturated heterocycles. The molecule has 4 N–H and O–H groups in total. The van der Waals surface area contributed by atoms with Crippen LogP contribution in [0.2, 0.25) is 0 Å². The monoisotopic (exact) mass is 319 g/mol. The molecular weight excluding hydrogens is 303 g/mol. The quantitative estimate of drug-likeness (QED) is 0.581. The number of methoxy groups -OCH3 is 1. The lowest BCUT2D eigenvalue weighted by atomic mass is 10.0. The topological polar surface area (TPSA) is 87.8 Å². The van der Waals surface area contributed by atoms with Crippen LogP contribution in [0.4, 0.5) is 23.7 Å². The maximum absolute atomic E-state index is 12.8. The molecule has 9 heteroatoms. The highest BCUT2D eigenvalue weighted by atomic mass is 19.4.